The number of ether oxygens (including phenoxy) is 1. The number of carbonyl (C=O) groups is 1. The molecule has 2 atom stereocenters. The van der Waals surface area contributed by atoms with Crippen molar-refractivity contribution in [1.29, 1.82) is 0 Å². The third kappa shape index (κ3) is 4.27. The first-order valence-corrected chi connectivity index (χ1v) is 10.1. The van der Waals surface area contributed by atoms with Crippen LogP contribution in [0.25, 0.3) is 11.1 Å². The topological polar surface area (TPSA) is 44.8 Å². The Bertz CT molecular complexity index is 796. The lowest BCUT2D eigenvalue weighted by Gasteiger charge is -2.38. The van der Waals surface area contributed by atoms with Gasteiger partial charge >= 0.3 is 0 Å². The van der Waals surface area contributed by atoms with Crippen molar-refractivity contribution in [2.75, 3.05) is 46.4 Å². The van der Waals surface area contributed by atoms with Crippen molar-refractivity contribution in [2.24, 2.45) is 0 Å². The van der Waals surface area contributed by atoms with Crippen LogP contribution in [-0.2, 0) is 4.74 Å². The second-order valence-electron chi connectivity index (χ2n) is 7.97. The predicted molar refractivity (Wildman–Crippen MR) is 112 cm³/mol. The summed E-state index contributed by atoms with van der Waals surface area (Å²) in [6.07, 6.45) is 0. The smallest absolute Gasteiger partial charge is 0.251 e. The van der Waals surface area contributed by atoms with Gasteiger partial charge in [0.05, 0.1) is 25.3 Å². The van der Waals surface area contributed by atoms with Crippen LogP contribution in [0.15, 0.2) is 48.5 Å². The Hall–Kier alpha value is -2.21. The van der Waals surface area contributed by atoms with E-state index in [2.05, 4.69) is 53.4 Å². The summed E-state index contributed by atoms with van der Waals surface area (Å²) in [5.41, 5.74) is 4.22. The molecule has 2 aromatic rings. The van der Waals surface area contributed by atoms with E-state index in [-0.39, 0.29) is 18.0 Å². The van der Waals surface area contributed by atoms with Gasteiger partial charge in [0.1, 0.15) is 0 Å². The maximum absolute atomic E-state index is 12.8. The second kappa shape index (κ2) is 8.43. The zero-order valence-electron chi connectivity index (χ0n) is 16.7. The minimum atomic E-state index is -0.0231. The number of rotatable bonds is 4. The van der Waals surface area contributed by atoms with Gasteiger partial charge in [-0.3, -0.25) is 9.69 Å². The standard InChI is InChI=1S/C23H29N3O2/c1-17-3-5-18(6-4-17)19-7-9-20(10-8-19)23(27)24-21-15-28-16-22(21)26-13-11-25(2)12-14-26/h3-10,21-22H,11-16H2,1-2H3,(H,24,27)/t21-,22-/m0/s1. The molecule has 1 amide bonds. The van der Waals surface area contributed by atoms with Gasteiger partial charge in [-0.15, -0.1) is 0 Å². The van der Waals surface area contributed by atoms with Gasteiger partial charge in [-0.2, -0.15) is 0 Å². The SMILES string of the molecule is Cc1ccc(-c2ccc(C(=O)N[C@H]3COC[C@@H]3N3CCN(C)CC3)cc2)cc1. The van der Waals surface area contributed by atoms with Gasteiger partial charge in [0.2, 0.25) is 0 Å². The molecule has 2 fully saturated rings. The Morgan fingerprint density at radius 1 is 0.929 bits per heavy atom. The number of nitrogens with one attached hydrogen (secondary N) is 1. The van der Waals surface area contributed by atoms with Crippen LogP contribution < -0.4 is 5.32 Å². The summed E-state index contributed by atoms with van der Waals surface area (Å²) in [5.74, 6) is -0.0231. The Morgan fingerprint density at radius 3 is 2.18 bits per heavy atom. The number of carbonyl (C=O) groups excluding carboxylic acids is 1. The van der Waals surface area contributed by atoms with Crippen LogP contribution in [-0.4, -0.2) is 74.2 Å². The summed E-state index contributed by atoms with van der Waals surface area (Å²) in [6, 6.07) is 16.6. The summed E-state index contributed by atoms with van der Waals surface area (Å²) in [4.78, 5) is 17.6. The van der Waals surface area contributed by atoms with Gasteiger partial charge in [0.15, 0.2) is 0 Å². The van der Waals surface area contributed by atoms with Crippen molar-refractivity contribution in [3.8, 4) is 11.1 Å². The number of amides is 1. The van der Waals surface area contributed by atoms with Gasteiger partial charge in [-0.05, 0) is 37.2 Å². The van der Waals surface area contributed by atoms with Crippen LogP contribution in [0.5, 0.6) is 0 Å². The number of likely N-dealkylation sites (N-methyl/N-ethyl adjacent to an activating group) is 1. The molecule has 2 saturated heterocycles. The van der Waals surface area contributed by atoms with Crippen LogP contribution in [0.3, 0.4) is 0 Å². The van der Waals surface area contributed by atoms with Gasteiger partial charge in [-0.25, -0.2) is 0 Å². The largest absolute Gasteiger partial charge is 0.378 e. The molecular weight excluding hydrogens is 350 g/mol. The maximum Gasteiger partial charge on any atom is 0.251 e. The van der Waals surface area contributed by atoms with E-state index in [4.69, 9.17) is 4.74 Å². The number of benzene rings is 2. The molecule has 5 nitrogen and oxygen atoms in total. The molecule has 0 radical (unpaired) electrons. The fraction of sp³-hybridized carbons (Fsp3) is 0.435. The lowest BCUT2D eigenvalue weighted by Crippen LogP contribution is -2.56. The highest BCUT2D eigenvalue weighted by atomic mass is 16.5. The molecule has 5 heteroatoms. The molecular formula is C23H29N3O2. The molecule has 148 valence electrons. The molecule has 0 aliphatic carbocycles. The number of nitrogens with zero attached hydrogens (tertiary/aromatic N) is 2. The van der Waals surface area contributed by atoms with Crippen LogP contribution in [0.2, 0.25) is 0 Å². The molecule has 2 aromatic carbocycles. The van der Waals surface area contributed by atoms with Crippen molar-refractivity contribution in [1.82, 2.24) is 15.1 Å². The zero-order valence-corrected chi connectivity index (χ0v) is 16.7. The van der Waals surface area contributed by atoms with Gasteiger partial charge in [0.25, 0.3) is 5.91 Å². The van der Waals surface area contributed by atoms with E-state index in [9.17, 15) is 4.79 Å². The highest BCUT2D eigenvalue weighted by molar-refractivity contribution is 5.95. The molecule has 0 aromatic heterocycles. The first-order chi connectivity index (χ1) is 13.6. The van der Waals surface area contributed by atoms with Crippen molar-refractivity contribution in [3.63, 3.8) is 0 Å². The average molecular weight is 380 g/mol. The molecule has 2 heterocycles. The predicted octanol–water partition coefficient (Wildman–Crippen LogP) is 2.41. The number of hydrogen-bond donors (Lipinski definition) is 1. The number of aryl methyl sites for hydroxylation is 1. The molecule has 0 spiro atoms. The third-order valence-corrected chi connectivity index (χ3v) is 5.91. The van der Waals surface area contributed by atoms with Gasteiger partial charge in [0, 0.05) is 31.7 Å². The normalized spacial score (nSPS) is 23.6. The Morgan fingerprint density at radius 2 is 1.54 bits per heavy atom. The monoisotopic (exact) mass is 379 g/mol. The second-order valence-corrected chi connectivity index (χ2v) is 7.97. The molecule has 0 bridgehead atoms. The van der Waals surface area contributed by atoms with Gasteiger partial charge < -0.3 is 15.0 Å². The Labute approximate surface area is 167 Å². The van der Waals surface area contributed by atoms with E-state index in [0.29, 0.717) is 18.8 Å². The Balaban J connectivity index is 1.39. The maximum atomic E-state index is 12.8. The quantitative estimate of drug-likeness (QED) is 0.886. The van der Waals surface area contributed by atoms with E-state index in [1.807, 2.05) is 24.3 Å². The first-order valence-electron chi connectivity index (χ1n) is 10.1. The minimum absolute atomic E-state index is 0.0231. The fourth-order valence-corrected chi connectivity index (χ4v) is 4.01. The average Bonchev–Trinajstić information content (AvgIpc) is 3.17. The summed E-state index contributed by atoms with van der Waals surface area (Å²) < 4.78 is 5.70. The van der Waals surface area contributed by atoms with Crippen molar-refractivity contribution in [2.45, 2.75) is 19.0 Å². The van der Waals surface area contributed by atoms with Crippen molar-refractivity contribution < 1.29 is 9.53 Å². The first kappa shape index (κ1) is 19.1. The highest BCUT2D eigenvalue weighted by Crippen LogP contribution is 2.21. The third-order valence-electron chi connectivity index (χ3n) is 5.91. The molecule has 1 N–H and O–H groups in total. The molecule has 4 rings (SSSR count). The lowest BCUT2D eigenvalue weighted by atomic mass is 10.0. The van der Waals surface area contributed by atoms with Crippen LogP contribution in [0, 0.1) is 6.92 Å². The van der Waals surface area contributed by atoms with Gasteiger partial charge in [-0.1, -0.05) is 42.0 Å². The molecule has 2 aliphatic heterocycles. The van der Waals surface area contributed by atoms with E-state index < -0.39 is 0 Å². The zero-order chi connectivity index (χ0) is 19.5. The van der Waals surface area contributed by atoms with E-state index in [0.717, 1.165) is 37.3 Å². The van der Waals surface area contributed by atoms with E-state index in [1.54, 1.807) is 0 Å². The summed E-state index contributed by atoms with van der Waals surface area (Å²) in [5, 5.41) is 3.20. The molecule has 0 saturated carbocycles. The van der Waals surface area contributed by atoms with Crippen LogP contribution in [0.1, 0.15) is 15.9 Å². The fourth-order valence-electron chi connectivity index (χ4n) is 4.01. The summed E-state index contributed by atoms with van der Waals surface area (Å²) in [7, 11) is 2.15. The lowest BCUT2D eigenvalue weighted by molar-refractivity contribution is 0.0829. The van der Waals surface area contributed by atoms with Crippen LogP contribution in [0.4, 0.5) is 0 Å². The van der Waals surface area contributed by atoms with Crippen molar-refractivity contribution in [3.05, 3.63) is 59.7 Å². The number of hydrogen-bond acceptors (Lipinski definition) is 4. The molecule has 28 heavy (non-hydrogen) atoms. The van der Waals surface area contributed by atoms with Crippen molar-refractivity contribution >= 4 is 5.91 Å². The molecule has 0 unspecified atom stereocenters. The van der Waals surface area contributed by atoms with Crippen LogP contribution >= 0.6 is 0 Å². The molecule has 2 aliphatic rings. The Kier molecular flexibility index (Phi) is 5.76. The summed E-state index contributed by atoms with van der Waals surface area (Å²) in [6.45, 7) is 7.56. The minimum Gasteiger partial charge on any atom is -0.378 e. The highest BCUT2D eigenvalue weighted by Gasteiger charge is 2.35. The van der Waals surface area contributed by atoms with E-state index in [1.165, 1.54) is 5.56 Å². The van der Waals surface area contributed by atoms with E-state index >= 15 is 0 Å². The summed E-state index contributed by atoms with van der Waals surface area (Å²) >= 11 is 0. The number of piperazine rings is 1.